The number of hydrogen-bond donors (Lipinski definition) is 1. The molecule has 146 valence electrons. The zero-order valence-electron chi connectivity index (χ0n) is 15.5. The van der Waals surface area contributed by atoms with E-state index in [1.165, 1.54) is 6.07 Å². The fraction of sp³-hybridized carbons (Fsp3) is 0.400. The molecule has 2 aliphatic heterocycles. The fourth-order valence-corrected chi connectivity index (χ4v) is 4.26. The summed E-state index contributed by atoms with van der Waals surface area (Å²) in [5.74, 6) is -0.979. The lowest BCUT2D eigenvalue weighted by Gasteiger charge is -2.38. The van der Waals surface area contributed by atoms with Gasteiger partial charge in [0.2, 0.25) is 0 Å². The molecule has 1 aromatic carbocycles. The highest BCUT2D eigenvalue weighted by Crippen LogP contribution is 2.34. The second-order valence-corrected chi connectivity index (χ2v) is 7.68. The summed E-state index contributed by atoms with van der Waals surface area (Å²) in [4.78, 5) is 7.00. The van der Waals surface area contributed by atoms with Gasteiger partial charge >= 0.3 is 0 Å². The van der Waals surface area contributed by atoms with Gasteiger partial charge < -0.3 is 10.5 Å². The van der Waals surface area contributed by atoms with Crippen LogP contribution in [-0.4, -0.2) is 38.2 Å². The van der Waals surface area contributed by atoms with Crippen LogP contribution in [0.5, 0.6) is 0 Å². The van der Waals surface area contributed by atoms with Crippen molar-refractivity contribution in [3.63, 3.8) is 0 Å². The lowest BCUT2D eigenvalue weighted by Crippen LogP contribution is -2.47. The minimum absolute atomic E-state index is 0.103. The second kappa shape index (κ2) is 6.58. The van der Waals surface area contributed by atoms with Crippen molar-refractivity contribution in [1.29, 1.82) is 0 Å². The average molecular weight is 385 g/mol. The van der Waals surface area contributed by atoms with E-state index in [1.807, 2.05) is 23.7 Å². The van der Waals surface area contributed by atoms with Crippen LogP contribution in [0.4, 0.5) is 8.78 Å². The number of ether oxygens (including phenoxy) is 1. The summed E-state index contributed by atoms with van der Waals surface area (Å²) in [6, 6.07) is 5.04. The third-order valence-corrected chi connectivity index (χ3v) is 5.65. The van der Waals surface area contributed by atoms with Crippen LogP contribution in [-0.2, 0) is 17.8 Å². The highest BCUT2D eigenvalue weighted by atomic mass is 19.1. The number of aryl methyl sites for hydroxylation is 1. The number of aromatic nitrogens is 3. The molecule has 1 saturated heterocycles. The molecule has 28 heavy (non-hydrogen) atoms. The normalized spacial score (nSPS) is 25.4. The number of halogens is 2. The molecule has 1 fully saturated rings. The maximum absolute atomic E-state index is 14.1. The molecule has 3 aromatic rings. The van der Waals surface area contributed by atoms with Crippen LogP contribution in [0, 0.1) is 18.6 Å². The first kappa shape index (κ1) is 17.7. The molecule has 2 aromatic heterocycles. The van der Waals surface area contributed by atoms with Crippen molar-refractivity contribution in [3.05, 3.63) is 64.6 Å². The van der Waals surface area contributed by atoms with Crippen LogP contribution < -0.4 is 5.73 Å². The molecule has 6 nitrogen and oxygen atoms in total. The summed E-state index contributed by atoms with van der Waals surface area (Å²) in [6.45, 7) is 3.83. The monoisotopic (exact) mass is 385 g/mol. The average Bonchev–Trinajstić information content (AvgIpc) is 3.23. The Bertz CT molecular complexity index is 1010. The van der Waals surface area contributed by atoms with Gasteiger partial charge in [0.05, 0.1) is 18.0 Å². The van der Waals surface area contributed by atoms with Gasteiger partial charge in [0, 0.05) is 48.6 Å². The van der Waals surface area contributed by atoms with Crippen molar-refractivity contribution < 1.29 is 13.5 Å². The largest absolute Gasteiger partial charge is 0.370 e. The summed E-state index contributed by atoms with van der Waals surface area (Å²) >= 11 is 0. The van der Waals surface area contributed by atoms with E-state index in [9.17, 15) is 8.78 Å². The molecule has 0 amide bonds. The first-order valence-electron chi connectivity index (χ1n) is 9.39. The molecule has 0 bridgehead atoms. The fourth-order valence-electron chi connectivity index (χ4n) is 4.26. The highest BCUT2D eigenvalue weighted by molar-refractivity contribution is 5.42. The van der Waals surface area contributed by atoms with Crippen LogP contribution in [0.25, 0.3) is 5.65 Å². The molecule has 0 aliphatic carbocycles. The van der Waals surface area contributed by atoms with Crippen LogP contribution in [0.3, 0.4) is 0 Å². The van der Waals surface area contributed by atoms with Crippen LogP contribution >= 0.6 is 0 Å². The Labute approximate surface area is 160 Å². The SMILES string of the molecule is Cc1cc2nc3c(cn2n1)CN(C1CO[C@H](c2cc(F)ccc2F)C(N)C1)C3. The third-order valence-electron chi connectivity index (χ3n) is 5.65. The Balaban J connectivity index is 1.31. The van der Waals surface area contributed by atoms with Crippen LogP contribution in [0.1, 0.15) is 35.0 Å². The maximum Gasteiger partial charge on any atom is 0.155 e. The maximum atomic E-state index is 14.1. The number of benzene rings is 1. The Kier molecular flexibility index (Phi) is 4.15. The molecule has 4 heterocycles. The van der Waals surface area contributed by atoms with Gasteiger partial charge in [-0.2, -0.15) is 5.10 Å². The molecule has 2 N–H and O–H groups in total. The first-order chi connectivity index (χ1) is 13.5. The molecule has 5 rings (SSSR count). The van der Waals surface area contributed by atoms with Crippen molar-refractivity contribution in [2.45, 2.75) is 44.6 Å². The predicted molar refractivity (Wildman–Crippen MR) is 98.4 cm³/mol. The molecule has 0 radical (unpaired) electrons. The van der Waals surface area contributed by atoms with Crippen molar-refractivity contribution >= 4 is 5.65 Å². The molecule has 8 heteroatoms. The van der Waals surface area contributed by atoms with Gasteiger partial charge in [0.1, 0.15) is 17.7 Å². The Morgan fingerprint density at radius 3 is 2.89 bits per heavy atom. The predicted octanol–water partition coefficient (Wildman–Crippen LogP) is 2.49. The zero-order valence-corrected chi connectivity index (χ0v) is 15.5. The third kappa shape index (κ3) is 2.97. The number of nitrogens with zero attached hydrogens (tertiary/aromatic N) is 4. The van der Waals surface area contributed by atoms with Crippen molar-refractivity contribution in [2.75, 3.05) is 6.61 Å². The quantitative estimate of drug-likeness (QED) is 0.734. The standard InChI is InChI=1S/C20H21F2N5O/c1-11-4-19-24-18-9-26(7-12(18)8-27(19)25-11)14-6-17(23)20(28-10-14)15-5-13(21)2-3-16(15)22/h2-5,8,14,17,20H,6-7,9-10,23H2,1H3/t14?,17?,20-/m1/s1. The van der Waals surface area contributed by atoms with Crippen LogP contribution in [0.2, 0.25) is 0 Å². The number of rotatable bonds is 2. The highest BCUT2D eigenvalue weighted by Gasteiger charge is 2.36. The smallest absolute Gasteiger partial charge is 0.155 e. The van der Waals surface area contributed by atoms with E-state index >= 15 is 0 Å². The molecule has 3 atom stereocenters. The Hall–Kier alpha value is -2.42. The van der Waals surface area contributed by atoms with Gasteiger partial charge in [-0.3, -0.25) is 4.90 Å². The van der Waals surface area contributed by atoms with Gasteiger partial charge in [0.15, 0.2) is 5.65 Å². The van der Waals surface area contributed by atoms with Gasteiger partial charge in [-0.15, -0.1) is 0 Å². The summed E-state index contributed by atoms with van der Waals surface area (Å²) < 4.78 is 35.4. The van der Waals surface area contributed by atoms with Crippen molar-refractivity contribution in [3.8, 4) is 0 Å². The van der Waals surface area contributed by atoms with E-state index in [1.54, 1.807) is 0 Å². The Morgan fingerprint density at radius 1 is 1.21 bits per heavy atom. The molecule has 0 spiro atoms. The zero-order chi connectivity index (χ0) is 19.4. The second-order valence-electron chi connectivity index (χ2n) is 7.68. The van der Waals surface area contributed by atoms with E-state index < -0.39 is 23.8 Å². The minimum atomic E-state index is -0.638. The van der Waals surface area contributed by atoms with Gasteiger partial charge in [-0.1, -0.05) is 0 Å². The van der Waals surface area contributed by atoms with Gasteiger partial charge in [-0.25, -0.2) is 18.3 Å². The number of fused-ring (bicyclic) bond motifs is 2. The van der Waals surface area contributed by atoms with Crippen LogP contribution in [0.15, 0.2) is 30.5 Å². The molecule has 2 unspecified atom stereocenters. The molecule has 0 saturated carbocycles. The van der Waals surface area contributed by atoms with E-state index in [4.69, 9.17) is 15.5 Å². The first-order valence-corrected chi connectivity index (χ1v) is 9.39. The molecular weight excluding hydrogens is 364 g/mol. The molecular formula is C20H21F2N5O. The number of hydrogen-bond acceptors (Lipinski definition) is 5. The molecule has 2 aliphatic rings. The Morgan fingerprint density at radius 2 is 2.07 bits per heavy atom. The van der Waals surface area contributed by atoms with E-state index in [0.717, 1.165) is 47.8 Å². The van der Waals surface area contributed by atoms with E-state index in [0.29, 0.717) is 13.0 Å². The van der Waals surface area contributed by atoms with Crippen molar-refractivity contribution in [1.82, 2.24) is 19.5 Å². The lowest BCUT2D eigenvalue weighted by molar-refractivity contribution is -0.0532. The number of nitrogens with two attached hydrogens (primary N) is 1. The van der Waals surface area contributed by atoms with Crippen molar-refractivity contribution in [2.24, 2.45) is 5.73 Å². The summed E-state index contributed by atoms with van der Waals surface area (Å²) in [6.07, 6.45) is 2.03. The van der Waals surface area contributed by atoms with E-state index in [-0.39, 0.29) is 11.6 Å². The minimum Gasteiger partial charge on any atom is -0.370 e. The van der Waals surface area contributed by atoms with E-state index in [2.05, 4.69) is 10.00 Å². The summed E-state index contributed by atoms with van der Waals surface area (Å²) in [5, 5.41) is 4.42. The summed E-state index contributed by atoms with van der Waals surface area (Å²) in [5.41, 5.74) is 10.5. The topological polar surface area (TPSA) is 68.7 Å². The van der Waals surface area contributed by atoms with Gasteiger partial charge in [0.25, 0.3) is 0 Å². The van der Waals surface area contributed by atoms with Gasteiger partial charge in [-0.05, 0) is 31.5 Å². The summed E-state index contributed by atoms with van der Waals surface area (Å²) in [7, 11) is 0. The lowest BCUT2D eigenvalue weighted by atomic mass is 9.93.